The van der Waals surface area contributed by atoms with Crippen molar-refractivity contribution in [2.45, 2.75) is 13.8 Å². The molecule has 8 nitrogen and oxygen atoms in total. The third-order valence-corrected chi connectivity index (χ3v) is 3.59. The summed E-state index contributed by atoms with van der Waals surface area (Å²) in [6.45, 7) is 3.32. The van der Waals surface area contributed by atoms with E-state index in [4.69, 9.17) is 4.74 Å². The summed E-state index contributed by atoms with van der Waals surface area (Å²) >= 11 is 0. The summed E-state index contributed by atoms with van der Waals surface area (Å²) in [7, 11) is 0. The van der Waals surface area contributed by atoms with Gasteiger partial charge in [0.15, 0.2) is 28.7 Å². The van der Waals surface area contributed by atoms with Crippen LogP contribution in [0.25, 0.3) is 5.65 Å². The SMILES string of the molecule is CCOC(=O)c1nc2c(O)cccn2c1N=Nc1cccc(C(C)=O)c1. The van der Waals surface area contributed by atoms with Crippen LogP contribution >= 0.6 is 0 Å². The molecule has 26 heavy (non-hydrogen) atoms. The van der Waals surface area contributed by atoms with Gasteiger partial charge in [-0.15, -0.1) is 10.2 Å². The normalized spacial score (nSPS) is 11.2. The van der Waals surface area contributed by atoms with Gasteiger partial charge in [0.25, 0.3) is 0 Å². The number of rotatable bonds is 5. The summed E-state index contributed by atoms with van der Waals surface area (Å²) in [6.07, 6.45) is 1.60. The molecule has 1 aromatic carbocycles. The first kappa shape index (κ1) is 17.3. The fraction of sp³-hybridized carbons (Fsp3) is 0.167. The molecule has 0 spiro atoms. The third-order valence-electron chi connectivity index (χ3n) is 3.59. The fourth-order valence-electron chi connectivity index (χ4n) is 2.36. The molecular formula is C18H16N4O4. The van der Waals surface area contributed by atoms with E-state index in [0.29, 0.717) is 11.3 Å². The van der Waals surface area contributed by atoms with Crippen molar-refractivity contribution in [3.8, 4) is 5.75 Å². The third kappa shape index (κ3) is 3.30. The zero-order valence-electron chi connectivity index (χ0n) is 14.2. The standard InChI is InChI=1S/C18H16N4O4/c1-3-26-18(25)15-17(22-9-5-8-14(24)16(22)19-15)21-20-13-7-4-6-12(10-13)11(2)23/h4-10,24H,3H2,1-2H3. The number of nitrogens with zero attached hydrogens (tertiary/aromatic N) is 4. The summed E-state index contributed by atoms with van der Waals surface area (Å²) in [5.74, 6) is -0.725. The summed E-state index contributed by atoms with van der Waals surface area (Å²) in [4.78, 5) is 27.8. The minimum Gasteiger partial charge on any atom is -0.504 e. The van der Waals surface area contributed by atoms with Crippen LogP contribution in [0.5, 0.6) is 5.75 Å². The van der Waals surface area contributed by atoms with Gasteiger partial charge in [0, 0.05) is 11.8 Å². The van der Waals surface area contributed by atoms with Gasteiger partial charge in [0.2, 0.25) is 0 Å². The lowest BCUT2D eigenvalue weighted by molar-refractivity contribution is 0.0521. The van der Waals surface area contributed by atoms with Crippen LogP contribution in [-0.4, -0.2) is 32.9 Å². The van der Waals surface area contributed by atoms with Gasteiger partial charge in [-0.25, -0.2) is 9.78 Å². The van der Waals surface area contributed by atoms with Crippen molar-refractivity contribution in [3.05, 3.63) is 53.9 Å². The average molecular weight is 352 g/mol. The fourth-order valence-corrected chi connectivity index (χ4v) is 2.36. The molecule has 0 unspecified atom stereocenters. The lowest BCUT2D eigenvalue weighted by Crippen LogP contribution is -2.05. The minimum absolute atomic E-state index is 0.0557. The quantitative estimate of drug-likeness (QED) is 0.427. The smallest absolute Gasteiger partial charge is 0.360 e. The molecule has 1 N–H and O–H groups in total. The number of hydrogen-bond donors (Lipinski definition) is 1. The first-order valence-electron chi connectivity index (χ1n) is 7.91. The molecule has 0 bridgehead atoms. The van der Waals surface area contributed by atoms with Gasteiger partial charge in [0.05, 0.1) is 12.3 Å². The Bertz CT molecular complexity index is 1020. The average Bonchev–Trinajstić information content (AvgIpc) is 3.00. The number of fused-ring (bicyclic) bond motifs is 1. The Morgan fingerprint density at radius 2 is 2.04 bits per heavy atom. The molecule has 0 aliphatic rings. The maximum absolute atomic E-state index is 12.2. The van der Waals surface area contributed by atoms with Crippen molar-refractivity contribution in [2.24, 2.45) is 10.2 Å². The molecule has 3 rings (SSSR count). The first-order chi connectivity index (χ1) is 12.5. The van der Waals surface area contributed by atoms with Gasteiger partial charge in [0.1, 0.15) is 0 Å². The summed E-state index contributed by atoms with van der Waals surface area (Å²) in [5.41, 5.74) is 1.06. The molecule has 0 fully saturated rings. The second kappa shape index (κ2) is 7.14. The number of hydrogen-bond acceptors (Lipinski definition) is 7. The Morgan fingerprint density at radius 1 is 1.23 bits per heavy atom. The van der Waals surface area contributed by atoms with E-state index in [0.717, 1.165) is 0 Å². The van der Waals surface area contributed by atoms with Crippen LogP contribution in [0, 0.1) is 0 Å². The number of ketones is 1. The number of carbonyl (C=O) groups is 2. The molecular weight excluding hydrogens is 336 g/mol. The number of Topliss-reactive ketones (excluding diaryl/α,β-unsaturated/α-hetero) is 1. The van der Waals surface area contributed by atoms with Crippen molar-refractivity contribution in [1.82, 2.24) is 9.38 Å². The van der Waals surface area contributed by atoms with Crippen LogP contribution in [0.4, 0.5) is 11.5 Å². The van der Waals surface area contributed by atoms with Crippen LogP contribution in [0.15, 0.2) is 52.8 Å². The topological polar surface area (TPSA) is 106 Å². The van der Waals surface area contributed by atoms with E-state index in [1.807, 2.05) is 0 Å². The minimum atomic E-state index is -0.665. The Morgan fingerprint density at radius 3 is 2.77 bits per heavy atom. The van der Waals surface area contributed by atoms with Gasteiger partial charge in [-0.2, -0.15) is 0 Å². The highest BCUT2D eigenvalue weighted by molar-refractivity contribution is 5.95. The Balaban J connectivity index is 2.09. The number of aromatic hydroxyl groups is 1. The van der Waals surface area contributed by atoms with Crippen LogP contribution in [0.3, 0.4) is 0 Å². The van der Waals surface area contributed by atoms with Crippen molar-refractivity contribution in [1.29, 1.82) is 0 Å². The highest BCUT2D eigenvalue weighted by Gasteiger charge is 2.21. The molecule has 2 aromatic heterocycles. The highest BCUT2D eigenvalue weighted by atomic mass is 16.5. The number of esters is 1. The van der Waals surface area contributed by atoms with E-state index in [9.17, 15) is 14.7 Å². The van der Waals surface area contributed by atoms with Crippen LogP contribution in [0.1, 0.15) is 34.7 Å². The molecule has 0 radical (unpaired) electrons. The summed E-state index contributed by atoms with van der Waals surface area (Å²) in [5, 5.41) is 18.2. The second-order valence-electron chi connectivity index (χ2n) is 5.40. The molecule has 0 saturated heterocycles. The number of benzene rings is 1. The largest absolute Gasteiger partial charge is 0.504 e. The summed E-state index contributed by atoms with van der Waals surface area (Å²) < 4.78 is 6.44. The van der Waals surface area contributed by atoms with Gasteiger partial charge in [-0.1, -0.05) is 12.1 Å². The number of pyridine rings is 1. The van der Waals surface area contributed by atoms with Gasteiger partial charge < -0.3 is 9.84 Å². The predicted molar refractivity (Wildman–Crippen MR) is 93.4 cm³/mol. The number of carbonyl (C=O) groups excluding carboxylic acids is 2. The van der Waals surface area contributed by atoms with E-state index in [2.05, 4.69) is 15.2 Å². The number of aromatic nitrogens is 2. The monoisotopic (exact) mass is 352 g/mol. The van der Waals surface area contributed by atoms with E-state index in [1.54, 1.807) is 43.5 Å². The van der Waals surface area contributed by atoms with Crippen LogP contribution < -0.4 is 0 Å². The molecule has 0 amide bonds. The van der Waals surface area contributed by atoms with Crippen molar-refractivity contribution < 1.29 is 19.4 Å². The highest BCUT2D eigenvalue weighted by Crippen LogP contribution is 2.28. The van der Waals surface area contributed by atoms with Gasteiger partial charge >= 0.3 is 5.97 Å². The van der Waals surface area contributed by atoms with Gasteiger partial charge in [-0.05, 0) is 38.1 Å². The Kier molecular flexibility index (Phi) is 4.74. The number of imidazole rings is 1. The molecule has 132 valence electrons. The van der Waals surface area contributed by atoms with E-state index in [-0.39, 0.29) is 35.3 Å². The lowest BCUT2D eigenvalue weighted by Gasteiger charge is -2.00. The number of ether oxygens (including phenoxy) is 1. The van der Waals surface area contributed by atoms with Crippen LogP contribution in [0.2, 0.25) is 0 Å². The molecule has 0 aliphatic carbocycles. The Hall–Kier alpha value is -3.55. The van der Waals surface area contributed by atoms with Gasteiger partial charge in [-0.3, -0.25) is 9.20 Å². The molecule has 3 aromatic rings. The Labute approximate surface area is 148 Å². The molecule has 0 atom stereocenters. The van der Waals surface area contributed by atoms with Crippen LogP contribution in [-0.2, 0) is 4.74 Å². The van der Waals surface area contributed by atoms with E-state index in [1.165, 1.54) is 17.4 Å². The maximum atomic E-state index is 12.2. The van der Waals surface area contributed by atoms with Crippen molar-refractivity contribution >= 4 is 28.9 Å². The molecule has 0 saturated carbocycles. The molecule has 2 heterocycles. The van der Waals surface area contributed by atoms with E-state index >= 15 is 0 Å². The molecule has 8 heteroatoms. The summed E-state index contributed by atoms with van der Waals surface area (Å²) in [6, 6.07) is 9.69. The zero-order valence-corrected chi connectivity index (χ0v) is 14.2. The second-order valence-corrected chi connectivity index (χ2v) is 5.40. The van der Waals surface area contributed by atoms with Crippen molar-refractivity contribution in [2.75, 3.05) is 6.61 Å². The zero-order chi connectivity index (χ0) is 18.7. The maximum Gasteiger partial charge on any atom is 0.360 e. The predicted octanol–water partition coefficient (Wildman–Crippen LogP) is 3.83. The van der Waals surface area contributed by atoms with E-state index < -0.39 is 5.97 Å². The molecule has 0 aliphatic heterocycles. The number of azo groups is 1. The first-order valence-corrected chi connectivity index (χ1v) is 7.91. The lowest BCUT2D eigenvalue weighted by atomic mass is 10.1. The van der Waals surface area contributed by atoms with Crippen molar-refractivity contribution in [3.63, 3.8) is 0 Å².